The molecule has 3 saturated heterocycles. The monoisotopic (exact) mass is 632 g/mol. The van der Waals surface area contributed by atoms with Gasteiger partial charge in [0.05, 0.1) is 81.3 Å². The number of anilines is 4. The van der Waals surface area contributed by atoms with Crippen LogP contribution < -0.4 is 26.0 Å². The van der Waals surface area contributed by atoms with E-state index in [1.165, 1.54) is 16.8 Å². The van der Waals surface area contributed by atoms with Crippen molar-refractivity contribution >= 4 is 91.7 Å². The molecular formula is C29H36B8N8O3. The number of piperazine rings is 1. The Bertz CT molecular complexity index is 1480. The van der Waals surface area contributed by atoms with Crippen molar-refractivity contribution in [2.45, 2.75) is 72.5 Å². The number of aromatic nitrogens is 2. The maximum atomic E-state index is 12.4. The molecule has 0 aliphatic carbocycles. The number of aryl methyl sites for hydroxylation is 1. The number of primary amides is 1. The number of piperidine rings is 1. The van der Waals surface area contributed by atoms with Gasteiger partial charge in [0.2, 0.25) is 0 Å². The molecule has 0 unspecified atom stereocenters. The van der Waals surface area contributed by atoms with Gasteiger partial charge in [-0.1, -0.05) is 28.3 Å². The van der Waals surface area contributed by atoms with Crippen molar-refractivity contribution < 1.29 is 14.3 Å². The molecule has 2 aromatic rings. The van der Waals surface area contributed by atoms with Gasteiger partial charge < -0.3 is 40.5 Å². The van der Waals surface area contributed by atoms with E-state index < -0.39 is 27.3 Å². The number of likely N-dealkylation sites (N-methyl/N-ethyl adjacent to an activating group) is 1. The third-order valence-electron chi connectivity index (χ3n) is 9.90. The largest absolute Gasteiger partial charge is 0.495 e. The first-order valence-corrected chi connectivity index (χ1v) is 16.1. The highest BCUT2D eigenvalue weighted by molar-refractivity contribution is 6.60. The molecular weight excluding hydrogens is 595 g/mol. The minimum atomic E-state index is -1.88. The van der Waals surface area contributed by atoms with E-state index in [1.807, 2.05) is 25.1 Å². The maximum Gasteiger partial charge on any atom is 0.271 e. The Morgan fingerprint density at radius 1 is 0.958 bits per heavy atom. The minimum Gasteiger partial charge on any atom is -0.495 e. The zero-order valence-electron chi connectivity index (χ0n) is 27.9. The number of hydrogen-bond donors (Lipinski definition) is 3. The van der Waals surface area contributed by atoms with Crippen LogP contribution in [0.2, 0.25) is 0 Å². The highest BCUT2D eigenvalue weighted by Crippen LogP contribution is 2.45. The van der Waals surface area contributed by atoms with Crippen LogP contribution in [-0.4, -0.2) is 162 Å². The summed E-state index contributed by atoms with van der Waals surface area (Å²) in [6, 6.07) is 5.42. The molecule has 5 rings (SSSR count). The maximum absolute atomic E-state index is 12.4. The van der Waals surface area contributed by atoms with Gasteiger partial charge in [0.15, 0.2) is 17.3 Å². The van der Waals surface area contributed by atoms with Crippen LogP contribution in [0.4, 0.5) is 23.0 Å². The molecule has 16 radical (unpaired) electrons. The molecule has 19 heteroatoms. The third-order valence-corrected chi connectivity index (χ3v) is 9.90. The number of benzene rings is 1. The molecule has 0 atom stereocenters. The highest BCUT2D eigenvalue weighted by Gasteiger charge is 2.60. The Morgan fingerprint density at radius 2 is 1.56 bits per heavy atom. The Labute approximate surface area is 294 Å². The molecule has 1 amide bonds. The lowest BCUT2D eigenvalue weighted by Gasteiger charge is -2.76. The van der Waals surface area contributed by atoms with Crippen LogP contribution in [0, 0.1) is 0 Å². The van der Waals surface area contributed by atoms with Crippen molar-refractivity contribution in [1.82, 2.24) is 19.8 Å². The number of nitrogens with zero attached hydrogens (tertiary/aromatic N) is 5. The average Bonchev–Trinajstić information content (AvgIpc) is 3.04. The number of ether oxygens (including phenoxy) is 2. The molecule has 3 fully saturated rings. The number of nitrogens with two attached hydrogens (primary N) is 1. The predicted octanol–water partition coefficient (Wildman–Crippen LogP) is -1.34. The average molecular weight is 631 g/mol. The number of carbonyl (C=O) groups is 1. The number of nitrogens with one attached hydrogen (secondary N) is 2. The Kier molecular flexibility index (Phi) is 10.4. The molecule has 1 aromatic heterocycles. The highest BCUT2D eigenvalue weighted by atomic mass is 16.5. The number of carbonyl (C=O) groups excluding carboxylic acids is 1. The van der Waals surface area contributed by atoms with Crippen LogP contribution in [0.3, 0.4) is 0 Å². The quantitative estimate of drug-likeness (QED) is 0.287. The molecule has 1 aromatic carbocycles. The topological polar surface area (TPSA) is 121 Å². The molecule has 0 bridgehead atoms. The van der Waals surface area contributed by atoms with Gasteiger partial charge in [0.25, 0.3) is 5.91 Å². The molecule has 0 saturated carbocycles. The van der Waals surface area contributed by atoms with Gasteiger partial charge in [0.1, 0.15) is 5.75 Å². The van der Waals surface area contributed by atoms with Crippen molar-refractivity contribution in [1.29, 1.82) is 0 Å². The standard InChI is InChI=1S/C29H36B8N8O3/c1-4-19-24(39-16-9-13-48-14-10-16)42-25(22(41-19)23(38)46)40-17-5-6-20(21(15-17)47-3)44-11-7-18(8-12-44)45-28(34,35)26(30,31)43(2)27(32,33)29(45,36)37/h5-6,15-16,18H,4,7-14H2,1-3H3,(H2,38,46)(H2,39,40,42). The van der Waals surface area contributed by atoms with Crippen molar-refractivity contribution in [2.24, 2.45) is 5.73 Å². The van der Waals surface area contributed by atoms with Crippen LogP contribution in [0.1, 0.15) is 48.8 Å². The van der Waals surface area contributed by atoms with E-state index in [2.05, 4.69) is 20.5 Å². The second kappa shape index (κ2) is 13.6. The van der Waals surface area contributed by atoms with Gasteiger partial charge in [-0.3, -0.25) is 4.79 Å². The summed E-state index contributed by atoms with van der Waals surface area (Å²) in [7, 11) is 54.7. The summed E-state index contributed by atoms with van der Waals surface area (Å²) in [6.07, 6.45) is 3.30. The smallest absolute Gasteiger partial charge is 0.271 e. The van der Waals surface area contributed by atoms with Crippen LogP contribution in [0.15, 0.2) is 18.2 Å². The SMILES string of the molecule is [B]C1([B])N(C)C([B])([B])C([B])([B])N(C2CCN(c3ccc(Nc4nc(NC5CCOCC5)c(CC)nc4C(N)=O)cc3OC)CC2)C1([B])[B]. The summed E-state index contributed by atoms with van der Waals surface area (Å²) in [5.41, 5.74) is 7.88. The fourth-order valence-electron chi connectivity index (χ4n) is 6.78. The molecule has 11 nitrogen and oxygen atoms in total. The number of methoxy groups -OCH3 is 1. The van der Waals surface area contributed by atoms with Gasteiger partial charge >= 0.3 is 0 Å². The molecule has 0 spiro atoms. The Balaban J connectivity index is 1.36. The van der Waals surface area contributed by atoms with Crippen LogP contribution >= 0.6 is 0 Å². The van der Waals surface area contributed by atoms with Gasteiger partial charge in [-0.2, -0.15) is 0 Å². The zero-order valence-corrected chi connectivity index (χ0v) is 27.9. The first kappa shape index (κ1) is 36.6. The lowest BCUT2D eigenvalue weighted by molar-refractivity contribution is -0.0357. The number of amides is 1. The van der Waals surface area contributed by atoms with Crippen LogP contribution in [0.5, 0.6) is 5.75 Å². The lowest BCUT2D eigenvalue weighted by atomic mass is 9.26. The van der Waals surface area contributed by atoms with E-state index in [0.717, 1.165) is 18.5 Å². The fourth-order valence-corrected chi connectivity index (χ4v) is 6.78. The molecule has 234 valence electrons. The van der Waals surface area contributed by atoms with Gasteiger partial charge in [0, 0.05) is 50.1 Å². The second-order valence-electron chi connectivity index (χ2n) is 12.9. The van der Waals surface area contributed by atoms with Crippen molar-refractivity contribution in [3.05, 3.63) is 29.6 Å². The Hall–Kier alpha value is -2.63. The molecule has 3 aliphatic rings. The molecule has 4 heterocycles. The van der Waals surface area contributed by atoms with Crippen molar-refractivity contribution in [3.8, 4) is 5.75 Å². The molecule has 4 N–H and O–H groups in total. The van der Waals surface area contributed by atoms with Crippen molar-refractivity contribution in [3.63, 3.8) is 0 Å². The second-order valence-corrected chi connectivity index (χ2v) is 12.9. The summed E-state index contributed by atoms with van der Waals surface area (Å²) in [6.45, 7) is 4.39. The Morgan fingerprint density at radius 3 is 2.10 bits per heavy atom. The van der Waals surface area contributed by atoms with E-state index in [0.29, 0.717) is 68.5 Å². The van der Waals surface area contributed by atoms with Crippen LogP contribution in [0.25, 0.3) is 0 Å². The van der Waals surface area contributed by atoms with E-state index in [9.17, 15) is 4.79 Å². The summed E-state index contributed by atoms with van der Waals surface area (Å²) in [5.74, 6) is 0.736. The van der Waals surface area contributed by atoms with E-state index in [4.69, 9.17) is 83.0 Å². The van der Waals surface area contributed by atoms with Crippen LogP contribution in [-0.2, 0) is 11.2 Å². The normalized spacial score (nSPS) is 22.9. The first-order valence-electron chi connectivity index (χ1n) is 16.1. The number of hydrogen-bond acceptors (Lipinski definition) is 10. The minimum absolute atomic E-state index is 0.0446. The summed E-state index contributed by atoms with van der Waals surface area (Å²) >= 11 is 0. The summed E-state index contributed by atoms with van der Waals surface area (Å²) < 4.78 is 11.3. The molecule has 48 heavy (non-hydrogen) atoms. The van der Waals surface area contributed by atoms with Gasteiger partial charge in [-0.15, -0.1) is 0 Å². The van der Waals surface area contributed by atoms with E-state index in [1.54, 1.807) is 7.11 Å². The molecule has 3 aliphatic heterocycles. The van der Waals surface area contributed by atoms with Crippen molar-refractivity contribution in [2.75, 3.05) is 56.0 Å². The third kappa shape index (κ3) is 6.39. The van der Waals surface area contributed by atoms with Gasteiger partial charge in [-0.25, -0.2) is 9.97 Å². The predicted molar refractivity (Wildman–Crippen MR) is 195 cm³/mol. The summed E-state index contributed by atoms with van der Waals surface area (Å²) in [5, 5.41) is -0.789. The first-order chi connectivity index (χ1) is 22.5. The lowest BCUT2D eigenvalue weighted by Crippen LogP contribution is -2.92. The van der Waals surface area contributed by atoms with E-state index in [-0.39, 0.29) is 23.6 Å². The van der Waals surface area contributed by atoms with E-state index >= 15 is 0 Å². The number of rotatable bonds is 9. The van der Waals surface area contributed by atoms with Gasteiger partial charge in [-0.05, 0) is 51.3 Å². The summed E-state index contributed by atoms with van der Waals surface area (Å²) in [4.78, 5) is 26.5. The zero-order chi connectivity index (χ0) is 35.2. The fraction of sp³-hybridized carbons (Fsp3) is 0.621.